The van der Waals surface area contributed by atoms with Crippen LogP contribution in [0.3, 0.4) is 0 Å². The zero-order valence-electron chi connectivity index (χ0n) is 10.3. The van der Waals surface area contributed by atoms with Gasteiger partial charge in [-0.1, -0.05) is 40.0 Å². The summed E-state index contributed by atoms with van der Waals surface area (Å²) >= 11 is 0. The first-order valence-electron chi connectivity index (χ1n) is 5.94. The molecule has 0 aromatic heterocycles. The molecule has 2 heteroatoms. The normalized spacial score (nSPS) is 13.5. The van der Waals surface area contributed by atoms with Crippen LogP contribution in [0.1, 0.15) is 46.5 Å². The number of rotatable bonds is 9. The summed E-state index contributed by atoms with van der Waals surface area (Å²) in [6.07, 6.45) is 5.31. The van der Waals surface area contributed by atoms with E-state index in [2.05, 4.69) is 26.1 Å². The van der Waals surface area contributed by atoms with Crippen molar-refractivity contribution in [2.75, 3.05) is 20.3 Å². The Morgan fingerprint density at radius 2 is 1.86 bits per heavy atom. The van der Waals surface area contributed by atoms with Gasteiger partial charge in [0.05, 0.1) is 6.61 Å². The molecule has 0 fully saturated rings. The Labute approximate surface area is 89.4 Å². The molecule has 0 bridgehead atoms. The first kappa shape index (κ1) is 13.9. The van der Waals surface area contributed by atoms with E-state index in [-0.39, 0.29) is 0 Å². The largest absolute Gasteiger partial charge is 0.383 e. The van der Waals surface area contributed by atoms with E-state index in [1.165, 1.54) is 25.7 Å². The summed E-state index contributed by atoms with van der Waals surface area (Å²) in [7, 11) is 1.77. The van der Waals surface area contributed by atoms with Gasteiger partial charge in [-0.25, -0.2) is 0 Å². The van der Waals surface area contributed by atoms with Crippen LogP contribution in [0.5, 0.6) is 0 Å². The number of nitrogens with one attached hydrogen (secondary N) is 1. The predicted octanol–water partition coefficient (Wildman–Crippen LogP) is 2.83. The minimum Gasteiger partial charge on any atom is -0.383 e. The Morgan fingerprint density at radius 1 is 1.14 bits per heavy atom. The van der Waals surface area contributed by atoms with Crippen molar-refractivity contribution in [1.82, 2.24) is 5.32 Å². The van der Waals surface area contributed by atoms with Crippen LogP contribution in [0.25, 0.3) is 0 Å². The molecule has 86 valence electrons. The summed E-state index contributed by atoms with van der Waals surface area (Å²) in [5, 5.41) is 3.55. The summed E-state index contributed by atoms with van der Waals surface area (Å²) in [6, 6.07) is 0.515. The molecule has 14 heavy (non-hydrogen) atoms. The van der Waals surface area contributed by atoms with Gasteiger partial charge in [0, 0.05) is 13.2 Å². The van der Waals surface area contributed by atoms with Gasteiger partial charge >= 0.3 is 0 Å². The maximum Gasteiger partial charge on any atom is 0.0618 e. The second-order valence-corrected chi connectivity index (χ2v) is 4.32. The van der Waals surface area contributed by atoms with E-state index >= 15 is 0 Å². The highest BCUT2D eigenvalue weighted by Gasteiger charge is 2.11. The molecule has 1 N–H and O–H groups in total. The maximum atomic E-state index is 5.18. The summed E-state index contributed by atoms with van der Waals surface area (Å²) < 4.78 is 5.18. The second-order valence-electron chi connectivity index (χ2n) is 4.32. The molecule has 0 heterocycles. The fraction of sp³-hybridized carbons (Fsp3) is 1.00. The van der Waals surface area contributed by atoms with Gasteiger partial charge in [-0.2, -0.15) is 0 Å². The van der Waals surface area contributed by atoms with Crippen molar-refractivity contribution >= 4 is 0 Å². The lowest BCUT2D eigenvalue weighted by Crippen LogP contribution is -2.38. The molecule has 0 amide bonds. The number of methoxy groups -OCH3 is 1. The molecule has 0 radical (unpaired) electrons. The Kier molecular flexibility index (Phi) is 9.42. The maximum absolute atomic E-state index is 5.18. The van der Waals surface area contributed by atoms with Crippen molar-refractivity contribution in [2.24, 2.45) is 5.92 Å². The molecule has 0 spiro atoms. The molecular weight excluding hydrogens is 174 g/mol. The van der Waals surface area contributed by atoms with Crippen LogP contribution in [-0.2, 0) is 4.74 Å². The van der Waals surface area contributed by atoms with Crippen molar-refractivity contribution in [2.45, 2.75) is 52.5 Å². The van der Waals surface area contributed by atoms with Gasteiger partial charge < -0.3 is 10.1 Å². The molecule has 0 aromatic carbocycles. The van der Waals surface area contributed by atoms with Gasteiger partial charge in [-0.15, -0.1) is 0 Å². The fourth-order valence-corrected chi connectivity index (χ4v) is 1.51. The molecule has 0 rings (SSSR count). The second kappa shape index (κ2) is 9.47. The van der Waals surface area contributed by atoms with Gasteiger partial charge in [-0.05, 0) is 18.9 Å². The Morgan fingerprint density at radius 3 is 2.36 bits per heavy atom. The van der Waals surface area contributed by atoms with E-state index in [0.717, 1.165) is 13.2 Å². The molecule has 0 saturated heterocycles. The van der Waals surface area contributed by atoms with E-state index in [9.17, 15) is 0 Å². The van der Waals surface area contributed by atoms with E-state index in [1.807, 2.05) is 0 Å². The van der Waals surface area contributed by atoms with Crippen molar-refractivity contribution in [3.05, 3.63) is 0 Å². The third kappa shape index (κ3) is 7.34. The van der Waals surface area contributed by atoms with Gasteiger partial charge in [-0.3, -0.25) is 0 Å². The van der Waals surface area contributed by atoms with Crippen LogP contribution >= 0.6 is 0 Å². The van der Waals surface area contributed by atoms with Gasteiger partial charge in [0.25, 0.3) is 0 Å². The first-order valence-corrected chi connectivity index (χ1v) is 5.94. The SMILES string of the molecule is CCCCCCNC(COC)C(C)C. The topological polar surface area (TPSA) is 21.3 Å². The Hall–Kier alpha value is -0.0800. The molecule has 1 atom stereocenters. The highest BCUT2D eigenvalue weighted by atomic mass is 16.5. The summed E-state index contributed by atoms with van der Waals surface area (Å²) in [6.45, 7) is 8.68. The molecule has 0 aliphatic carbocycles. The molecule has 0 aromatic rings. The van der Waals surface area contributed by atoms with E-state index in [0.29, 0.717) is 12.0 Å². The fourth-order valence-electron chi connectivity index (χ4n) is 1.51. The standard InChI is InChI=1S/C12H27NO/c1-5-6-7-8-9-13-12(10-14-4)11(2)3/h11-13H,5-10H2,1-4H3. The van der Waals surface area contributed by atoms with Crippen molar-refractivity contribution in [1.29, 1.82) is 0 Å². The number of unbranched alkanes of at least 4 members (excludes halogenated alkanes) is 3. The van der Waals surface area contributed by atoms with E-state index < -0.39 is 0 Å². The summed E-state index contributed by atoms with van der Waals surface area (Å²) in [4.78, 5) is 0. The summed E-state index contributed by atoms with van der Waals surface area (Å²) in [5.74, 6) is 0.654. The first-order chi connectivity index (χ1) is 6.72. The molecule has 0 saturated carbocycles. The zero-order valence-corrected chi connectivity index (χ0v) is 10.3. The zero-order chi connectivity index (χ0) is 10.8. The smallest absolute Gasteiger partial charge is 0.0618 e. The third-order valence-corrected chi connectivity index (χ3v) is 2.59. The number of hydrogen-bond donors (Lipinski definition) is 1. The van der Waals surface area contributed by atoms with Crippen LogP contribution < -0.4 is 5.32 Å². The van der Waals surface area contributed by atoms with E-state index in [1.54, 1.807) is 7.11 Å². The highest BCUT2D eigenvalue weighted by molar-refractivity contribution is 4.69. The van der Waals surface area contributed by atoms with Crippen LogP contribution in [0.15, 0.2) is 0 Å². The van der Waals surface area contributed by atoms with Crippen LogP contribution in [0.2, 0.25) is 0 Å². The third-order valence-electron chi connectivity index (χ3n) is 2.59. The van der Waals surface area contributed by atoms with Gasteiger partial charge in [0.2, 0.25) is 0 Å². The van der Waals surface area contributed by atoms with Crippen LogP contribution in [0.4, 0.5) is 0 Å². The molecule has 0 aliphatic heterocycles. The minimum atomic E-state index is 0.515. The molecular formula is C12H27NO. The number of ether oxygens (including phenoxy) is 1. The molecule has 2 nitrogen and oxygen atoms in total. The van der Waals surface area contributed by atoms with Crippen molar-refractivity contribution in [3.8, 4) is 0 Å². The Balaban J connectivity index is 3.41. The average molecular weight is 201 g/mol. The minimum absolute atomic E-state index is 0.515. The van der Waals surface area contributed by atoms with Crippen LogP contribution in [0, 0.1) is 5.92 Å². The lowest BCUT2D eigenvalue weighted by atomic mass is 10.1. The van der Waals surface area contributed by atoms with Gasteiger partial charge in [0.15, 0.2) is 0 Å². The van der Waals surface area contributed by atoms with Gasteiger partial charge in [0.1, 0.15) is 0 Å². The molecule has 1 unspecified atom stereocenters. The monoisotopic (exact) mass is 201 g/mol. The average Bonchev–Trinajstić information content (AvgIpc) is 2.15. The quantitative estimate of drug-likeness (QED) is 0.579. The van der Waals surface area contributed by atoms with Crippen LogP contribution in [-0.4, -0.2) is 26.3 Å². The van der Waals surface area contributed by atoms with Crippen molar-refractivity contribution < 1.29 is 4.74 Å². The lowest BCUT2D eigenvalue weighted by molar-refractivity contribution is 0.147. The lowest BCUT2D eigenvalue weighted by Gasteiger charge is -2.21. The van der Waals surface area contributed by atoms with E-state index in [4.69, 9.17) is 4.74 Å². The molecule has 0 aliphatic rings. The van der Waals surface area contributed by atoms with Crippen molar-refractivity contribution in [3.63, 3.8) is 0 Å². The summed E-state index contributed by atoms with van der Waals surface area (Å²) in [5.41, 5.74) is 0. The Bertz CT molecular complexity index is 115. The number of hydrogen-bond acceptors (Lipinski definition) is 2. The predicted molar refractivity (Wildman–Crippen MR) is 62.6 cm³/mol. The highest BCUT2D eigenvalue weighted by Crippen LogP contribution is 2.03.